The summed E-state index contributed by atoms with van der Waals surface area (Å²) in [5.74, 6) is -1.77. The quantitative estimate of drug-likeness (QED) is 0.670. The number of carbonyl (C=O) groups excluding carboxylic acids is 1. The number of nitrogens with two attached hydrogens (primary N) is 1. The van der Waals surface area contributed by atoms with Gasteiger partial charge in [-0.1, -0.05) is 24.6 Å². The van der Waals surface area contributed by atoms with Crippen LogP contribution in [0.5, 0.6) is 0 Å². The van der Waals surface area contributed by atoms with Crippen LogP contribution < -0.4 is 11.1 Å². The molecule has 5 nitrogen and oxygen atoms in total. The molecule has 1 unspecified atom stereocenters. The van der Waals surface area contributed by atoms with Gasteiger partial charge in [-0.05, 0) is 25.0 Å². The van der Waals surface area contributed by atoms with Crippen LogP contribution in [0, 0.1) is 5.92 Å². The summed E-state index contributed by atoms with van der Waals surface area (Å²) in [6.45, 7) is 2.22. The van der Waals surface area contributed by atoms with Crippen molar-refractivity contribution in [2.75, 3.05) is 11.9 Å². The highest BCUT2D eigenvalue weighted by molar-refractivity contribution is 6.34. The van der Waals surface area contributed by atoms with E-state index in [0.29, 0.717) is 30.1 Å². The standard InChI is InChI=1S/C13H17ClN2O3/c1-8(13(18)19)4-3-7-16-10-6-2-5-9(14)11(10)12(15)17/h2,5-6,8,16H,3-4,7H2,1H3,(H2,15,17)(H,18,19). The van der Waals surface area contributed by atoms with Crippen molar-refractivity contribution >= 4 is 29.2 Å². The number of rotatable bonds is 7. The van der Waals surface area contributed by atoms with E-state index in [2.05, 4.69) is 5.32 Å². The lowest BCUT2D eigenvalue weighted by atomic mass is 10.1. The normalized spacial score (nSPS) is 11.9. The third-order valence-electron chi connectivity index (χ3n) is 2.81. The van der Waals surface area contributed by atoms with Gasteiger partial charge in [0.05, 0.1) is 16.5 Å². The lowest BCUT2D eigenvalue weighted by Gasteiger charge is -2.12. The van der Waals surface area contributed by atoms with E-state index in [1.165, 1.54) is 0 Å². The average Bonchev–Trinajstić information content (AvgIpc) is 2.33. The molecule has 0 aliphatic rings. The Labute approximate surface area is 116 Å². The maximum absolute atomic E-state index is 11.3. The molecular formula is C13H17ClN2O3. The Hall–Kier alpha value is -1.75. The van der Waals surface area contributed by atoms with Crippen LogP contribution in [0.3, 0.4) is 0 Å². The highest BCUT2D eigenvalue weighted by Crippen LogP contribution is 2.23. The molecule has 1 aromatic carbocycles. The number of halogens is 1. The van der Waals surface area contributed by atoms with Gasteiger partial charge in [-0.3, -0.25) is 9.59 Å². The zero-order valence-corrected chi connectivity index (χ0v) is 11.4. The number of anilines is 1. The second kappa shape index (κ2) is 6.99. The van der Waals surface area contributed by atoms with Crippen LogP contribution in [0.2, 0.25) is 5.02 Å². The Morgan fingerprint density at radius 3 is 2.74 bits per heavy atom. The van der Waals surface area contributed by atoms with Gasteiger partial charge in [0.25, 0.3) is 5.91 Å². The summed E-state index contributed by atoms with van der Waals surface area (Å²) in [6.07, 6.45) is 1.24. The second-order valence-electron chi connectivity index (χ2n) is 4.33. The molecule has 1 atom stereocenters. The number of carboxylic acid groups (broad SMARTS) is 1. The third kappa shape index (κ3) is 4.44. The van der Waals surface area contributed by atoms with E-state index in [0.717, 1.165) is 0 Å². The summed E-state index contributed by atoms with van der Waals surface area (Å²) < 4.78 is 0. The van der Waals surface area contributed by atoms with Gasteiger partial charge in [0.15, 0.2) is 0 Å². The number of nitrogens with one attached hydrogen (secondary N) is 1. The molecule has 0 fully saturated rings. The maximum atomic E-state index is 11.3. The summed E-state index contributed by atoms with van der Waals surface area (Å²) in [7, 11) is 0. The van der Waals surface area contributed by atoms with E-state index >= 15 is 0 Å². The number of benzene rings is 1. The van der Waals surface area contributed by atoms with Crippen LogP contribution in [0.25, 0.3) is 0 Å². The number of carbonyl (C=O) groups is 2. The van der Waals surface area contributed by atoms with Gasteiger partial charge < -0.3 is 16.2 Å². The molecule has 0 saturated carbocycles. The third-order valence-corrected chi connectivity index (χ3v) is 3.13. The van der Waals surface area contributed by atoms with Gasteiger partial charge >= 0.3 is 5.97 Å². The van der Waals surface area contributed by atoms with Crippen LogP contribution in [-0.2, 0) is 4.79 Å². The fraction of sp³-hybridized carbons (Fsp3) is 0.385. The molecule has 1 aromatic rings. The lowest BCUT2D eigenvalue weighted by molar-refractivity contribution is -0.141. The number of primary amides is 1. The molecule has 1 amide bonds. The minimum absolute atomic E-state index is 0.260. The molecule has 1 rings (SSSR count). The summed E-state index contributed by atoms with van der Waals surface area (Å²) in [5.41, 5.74) is 6.10. The van der Waals surface area contributed by atoms with Gasteiger partial charge in [0.2, 0.25) is 0 Å². The fourth-order valence-electron chi connectivity index (χ4n) is 1.68. The largest absolute Gasteiger partial charge is 0.481 e. The second-order valence-corrected chi connectivity index (χ2v) is 4.74. The van der Waals surface area contributed by atoms with Gasteiger partial charge in [-0.2, -0.15) is 0 Å². The van der Waals surface area contributed by atoms with Crippen molar-refractivity contribution in [2.45, 2.75) is 19.8 Å². The van der Waals surface area contributed by atoms with Crippen molar-refractivity contribution in [1.82, 2.24) is 0 Å². The molecule has 0 aliphatic heterocycles. The number of amides is 1. The van der Waals surface area contributed by atoms with Crippen molar-refractivity contribution in [1.29, 1.82) is 0 Å². The number of hydrogen-bond acceptors (Lipinski definition) is 3. The first kappa shape index (κ1) is 15.3. The Balaban J connectivity index is 2.57. The minimum atomic E-state index is -0.805. The van der Waals surface area contributed by atoms with E-state index in [4.69, 9.17) is 22.4 Å². The SMILES string of the molecule is CC(CCCNc1cccc(Cl)c1C(N)=O)C(=O)O. The highest BCUT2D eigenvalue weighted by atomic mass is 35.5. The molecule has 0 aromatic heterocycles. The zero-order chi connectivity index (χ0) is 14.4. The molecule has 0 bridgehead atoms. The molecular weight excluding hydrogens is 268 g/mol. The molecule has 104 valence electrons. The van der Waals surface area contributed by atoms with Gasteiger partial charge in [-0.15, -0.1) is 0 Å². The zero-order valence-electron chi connectivity index (χ0n) is 10.6. The van der Waals surface area contributed by atoms with E-state index in [9.17, 15) is 9.59 Å². The molecule has 4 N–H and O–H groups in total. The Morgan fingerprint density at radius 1 is 1.47 bits per heavy atom. The van der Waals surface area contributed by atoms with Gasteiger partial charge in [0.1, 0.15) is 0 Å². The van der Waals surface area contributed by atoms with Crippen LogP contribution in [0.4, 0.5) is 5.69 Å². The minimum Gasteiger partial charge on any atom is -0.481 e. The first-order valence-corrected chi connectivity index (χ1v) is 6.36. The highest BCUT2D eigenvalue weighted by Gasteiger charge is 2.13. The van der Waals surface area contributed by atoms with Crippen LogP contribution in [0.1, 0.15) is 30.1 Å². The predicted molar refractivity (Wildman–Crippen MR) is 74.5 cm³/mol. The topological polar surface area (TPSA) is 92.4 Å². The summed E-state index contributed by atoms with van der Waals surface area (Å²) in [4.78, 5) is 21.9. The van der Waals surface area contributed by atoms with E-state index < -0.39 is 11.9 Å². The molecule has 6 heteroatoms. The lowest BCUT2D eigenvalue weighted by Crippen LogP contribution is -2.16. The van der Waals surface area contributed by atoms with E-state index in [-0.39, 0.29) is 11.5 Å². The summed E-state index contributed by atoms with van der Waals surface area (Å²) in [6, 6.07) is 5.03. The molecule has 19 heavy (non-hydrogen) atoms. The number of hydrogen-bond donors (Lipinski definition) is 3. The predicted octanol–water partition coefficient (Wildman–Crippen LogP) is 2.35. The number of aliphatic carboxylic acids is 1. The smallest absolute Gasteiger partial charge is 0.306 e. The van der Waals surface area contributed by atoms with Crippen molar-refractivity contribution in [3.63, 3.8) is 0 Å². The van der Waals surface area contributed by atoms with E-state index in [1.807, 2.05) is 0 Å². The summed E-state index contributed by atoms with van der Waals surface area (Å²) in [5, 5.41) is 12.1. The molecule has 0 spiro atoms. The average molecular weight is 285 g/mol. The molecule has 0 heterocycles. The Bertz CT molecular complexity index is 477. The van der Waals surface area contributed by atoms with Crippen LogP contribution >= 0.6 is 11.6 Å². The van der Waals surface area contributed by atoms with Gasteiger partial charge in [0, 0.05) is 12.2 Å². The van der Waals surface area contributed by atoms with Crippen LogP contribution in [-0.4, -0.2) is 23.5 Å². The first-order chi connectivity index (χ1) is 8.93. The van der Waals surface area contributed by atoms with E-state index in [1.54, 1.807) is 25.1 Å². The van der Waals surface area contributed by atoms with Crippen molar-refractivity contribution in [2.24, 2.45) is 11.7 Å². The monoisotopic (exact) mass is 284 g/mol. The van der Waals surface area contributed by atoms with Crippen molar-refractivity contribution < 1.29 is 14.7 Å². The maximum Gasteiger partial charge on any atom is 0.306 e. The Morgan fingerprint density at radius 2 is 2.16 bits per heavy atom. The molecule has 0 radical (unpaired) electrons. The van der Waals surface area contributed by atoms with Gasteiger partial charge in [-0.25, -0.2) is 0 Å². The van der Waals surface area contributed by atoms with Crippen molar-refractivity contribution in [3.05, 3.63) is 28.8 Å². The van der Waals surface area contributed by atoms with Crippen LogP contribution in [0.15, 0.2) is 18.2 Å². The molecule has 0 saturated heterocycles. The molecule has 0 aliphatic carbocycles. The Kier molecular flexibility index (Phi) is 5.63. The van der Waals surface area contributed by atoms with Crippen molar-refractivity contribution in [3.8, 4) is 0 Å². The fourth-order valence-corrected chi connectivity index (χ4v) is 1.94. The number of carboxylic acids is 1. The first-order valence-electron chi connectivity index (χ1n) is 5.98. The summed E-state index contributed by atoms with van der Waals surface area (Å²) >= 11 is 5.91.